The van der Waals surface area contributed by atoms with Crippen molar-refractivity contribution in [2.45, 2.75) is 25.8 Å². The molecular weight excluding hydrogens is 264 g/mol. The van der Waals surface area contributed by atoms with Crippen LogP contribution in [0.2, 0.25) is 0 Å². The Labute approximate surface area is 126 Å². The van der Waals surface area contributed by atoms with Gasteiger partial charge in [-0.1, -0.05) is 0 Å². The highest BCUT2D eigenvalue weighted by Gasteiger charge is 2.26. The highest BCUT2D eigenvalue weighted by molar-refractivity contribution is 5.54. The third-order valence-corrected chi connectivity index (χ3v) is 4.39. The first-order chi connectivity index (χ1) is 10.3. The van der Waals surface area contributed by atoms with E-state index < -0.39 is 0 Å². The van der Waals surface area contributed by atoms with Crippen LogP contribution >= 0.6 is 0 Å². The molecule has 1 atom stereocenters. The van der Waals surface area contributed by atoms with Crippen LogP contribution in [0, 0.1) is 18.3 Å². The summed E-state index contributed by atoms with van der Waals surface area (Å²) in [7, 11) is 0. The summed E-state index contributed by atoms with van der Waals surface area (Å²) in [6.07, 6.45) is 2.25. The third kappa shape index (κ3) is 3.17. The fourth-order valence-corrected chi connectivity index (χ4v) is 3.20. The van der Waals surface area contributed by atoms with Crippen LogP contribution in [0.25, 0.3) is 0 Å². The van der Waals surface area contributed by atoms with Crippen molar-refractivity contribution in [1.29, 1.82) is 5.26 Å². The molecule has 0 radical (unpaired) electrons. The van der Waals surface area contributed by atoms with Gasteiger partial charge in [0.05, 0.1) is 12.2 Å². The molecule has 112 valence electrons. The van der Waals surface area contributed by atoms with Crippen molar-refractivity contribution in [3.8, 4) is 6.07 Å². The Morgan fingerprint density at radius 2 is 2.19 bits per heavy atom. The Hall–Kier alpha value is -1.64. The maximum atomic E-state index is 9.29. The maximum absolute atomic E-state index is 9.29. The second kappa shape index (κ2) is 6.42. The molecule has 1 aromatic heterocycles. The van der Waals surface area contributed by atoms with Crippen molar-refractivity contribution in [2.24, 2.45) is 0 Å². The normalized spacial score (nSPS) is 23.8. The van der Waals surface area contributed by atoms with E-state index in [-0.39, 0.29) is 0 Å². The zero-order valence-electron chi connectivity index (χ0n) is 12.6. The number of ether oxygens (including phenoxy) is 1. The van der Waals surface area contributed by atoms with Crippen LogP contribution in [0.15, 0.2) is 12.1 Å². The number of hydrogen-bond acceptors (Lipinski definition) is 5. The quantitative estimate of drug-likeness (QED) is 0.826. The predicted octanol–water partition coefficient (Wildman–Crippen LogP) is 1.56. The lowest BCUT2D eigenvalue weighted by molar-refractivity contribution is 0.148. The van der Waals surface area contributed by atoms with Crippen molar-refractivity contribution < 1.29 is 4.74 Å². The number of pyridine rings is 1. The number of rotatable bonds is 2. The molecule has 0 N–H and O–H groups in total. The zero-order chi connectivity index (χ0) is 14.7. The van der Waals surface area contributed by atoms with Gasteiger partial charge >= 0.3 is 0 Å². The van der Waals surface area contributed by atoms with Gasteiger partial charge in [0.15, 0.2) is 0 Å². The predicted molar refractivity (Wildman–Crippen MR) is 81.3 cm³/mol. The van der Waals surface area contributed by atoms with E-state index >= 15 is 0 Å². The molecule has 3 rings (SSSR count). The van der Waals surface area contributed by atoms with Crippen LogP contribution in [-0.4, -0.2) is 55.3 Å². The van der Waals surface area contributed by atoms with E-state index in [9.17, 15) is 5.26 Å². The van der Waals surface area contributed by atoms with Gasteiger partial charge in [-0.15, -0.1) is 0 Å². The van der Waals surface area contributed by atoms with Crippen LogP contribution in [0.5, 0.6) is 0 Å². The van der Waals surface area contributed by atoms with E-state index in [0.29, 0.717) is 11.6 Å². The largest absolute Gasteiger partial charge is 0.380 e. The van der Waals surface area contributed by atoms with Crippen molar-refractivity contribution in [1.82, 2.24) is 9.88 Å². The highest BCUT2D eigenvalue weighted by Crippen LogP contribution is 2.21. The molecule has 0 aromatic carbocycles. The Morgan fingerprint density at radius 3 is 2.95 bits per heavy atom. The average Bonchev–Trinajstić information content (AvgIpc) is 2.92. The molecule has 2 fully saturated rings. The summed E-state index contributed by atoms with van der Waals surface area (Å²) in [5.41, 5.74) is 1.65. The molecule has 5 heteroatoms. The topological polar surface area (TPSA) is 52.4 Å². The molecule has 0 bridgehead atoms. The molecule has 21 heavy (non-hydrogen) atoms. The lowest BCUT2D eigenvalue weighted by atomic mass is 10.2. The summed E-state index contributed by atoms with van der Waals surface area (Å²) in [6.45, 7) is 7.77. The van der Waals surface area contributed by atoms with Crippen molar-refractivity contribution in [3.63, 3.8) is 0 Å². The first-order valence-corrected chi connectivity index (χ1v) is 7.72. The molecule has 0 saturated carbocycles. The molecule has 5 nitrogen and oxygen atoms in total. The van der Waals surface area contributed by atoms with Crippen molar-refractivity contribution in [2.75, 3.05) is 44.3 Å². The minimum atomic E-state index is 0.575. The molecule has 2 saturated heterocycles. The molecule has 0 spiro atoms. The lowest BCUT2D eigenvalue weighted by Gasteiger charge is -2.26. The van der Waals surface area contributed by atoms with E-state index in [4.69, 9.17) is 4.74 Å². The van der Waals surface area contributed by atoms with Crippen LogP contribution in [-0.2, 0) is 4.74 Å². The van der Waals surface area contributed by atoms with Crippen LogP contribution in [0.3, 0.4) is 0 Å². The van der Waals surface area contributed by atoms with Gasteiger partial charge in [0.2, 0.25) is 0 Å². The van der Waals surface area contributed by atoms with E-state index in [1.54, 1.807) is 0 Å². The van der Waals surface area contributed by atoms with Gasteiger partial charge in [-0.3, -0.25) is 4.90 Å². The zero-order valence-corrected chi connectivity index (χ0v) is 12.6. The molecule has 0 aliphatic carbocycles. The first-order valence-electron chi connectivity index (χ1n) is 7.72. The molecule has 1 unspecified atom stereocenters. The minimum Gasteiger partial charge on any atom is -0.380 e. The standard InChI is InChI=1S/C16H22N4O/c1-13-3-4-14(11-17)16(18-13)20-7-2-6-19(8-9-20)15-5-10-21-12-15/h3-4,15H,2,5-10,12H2,1H3. The van der Waals surface area contributed by atoms with Gasteiger partial charge in [-0.2, -0.15) is 5.26 Å². The van der Waals surface area contributed by atoms with Crippen LogP contribution in [0.1, 0.15) is 24.1 Å². The molecular formula is C16H22N4O. The van der Waals surface area contributed by atoms with Gasteiger partial charge < -0.3 is 9.64 Å². The highest BCUT2D eigenvalue weighted by atomic mass is 16.5. The smallest absolute Gasteiger partial charge is 0.146 e. The molecule has 2 aliphatic heterocycles. The van der Waals surface area contributed by atoms with Gasteiger partial charge in [-0.05, 0) is 31.9 Å². The number of aromatic nitrogens is 1. The summed E-state index contributed by atoms with van der Waals surface area (Å²) >= 11 is 0. The third-order valence-electron chi connectivity index (χ3n) is 4.39. The Balaban J connectivity index is 1.73. The fourth-order valence-electron chi connectivity index (χ4n) is 3.20. The molecule has 3 heterocycles. The Morgan fingerprint density at radius 1 is 1.29 bits per heavy atom. The summed E-state index contributed by atoms with van der Waals surface area (Å²) in [5.74, 6) is 0.849. The molecule has 0 amide bonds. The fraction of sp³-hybridized carbons (Fsp3) is 0.625. The summed E-state index contributed by atoms with van der Waals surface area (Å²) in [5, 5.41) is 9.29. The second-order valence-electron chi connectivity index (χ2n) is 5.83. The van der Waals surface area contributed by atoms with Gasteiger partial charge in [-0.25, -0.2) is 4.98 Å². The van der Waals surface area contributed by atoms with Gasteiger partial charge in [0.1, 0.15) is 11.9 Å². The number of aryl methyl sites for hydroxylation is 1. The monoisotopic (exact) mass is 286 g/mol. The van der Waals surface area contributed by atoms with Crippen molar-refractivity contribution >= 4 is 5.82 Å². The summed E-state index contributed by atoms with van der Waals surface area (Å²) in [4.78, 5) is 9.39. The number of nitrogens with zero attached hydrogens (tertiary/aromatic N) is 4. The Bertz CT molecular complexity index is 534. The average molecular weight is 286 g/mol. The second-order valence-corrected chi connectivity index (χ2v) is 5.83. The number of anilines is 1. The van der Waals surface area contributed by atoms with Crippen LogP contribution < -0.4 is 4.90 Å². The van der Waals surface area contributed by atoms with Crippen LogP contribution in [0.4, 0.5) is 5.82 Å². The van der Waals surface area contributed by atoms with E-state index in [1.165, 1.54) is 0 Å². The molecule has 1 aromatic rings. The Kier molecular flexibility index (Phi) is 4.37. The minimum absolute atomic E-state index is 0.575. The van der Waals surface area contributed by atoms with E-state index in [0.717, 1.165) is 63.7 Å². The van der Waals surface area contributed by atoms with Crippen molar-refractivity contribution in [3.05, 3.63) is 23.4 Å². The first kappa shape index (κ1) is 14.3. The summed E-state index contributed by atoms with van der Waals surface area (Å²) < 4.78 is 5.50. The number of nitriles is 1. The lowest BCUT2D eigenvalue weighted by Crippen LogP contribution is -2.38. The van der Waals surface area contributed by atoms with E-state index in [2.05, 4.69) is 20.9 Å². The SMILES string of the molecule is Cc1ccc(C#N)c(N2CCCN(C3CCOC3)CC2)n1. The summed E-state index contributed by atoms with van der Waals surface area (Å²) in [6, 6.07) is 6.63. The van der Waals surface area contributed by atoms with E-state index in [1.807, 2.05) is 19.1 Å². The van der Waals surface area contributed by atoms with Gasteiger partial charge in [0, 0.05) is 44.5 Å². The maximum Gasteiger partial charge on any atom is 0.146 e. The number of hydrogen-bond donors (Lipinski definition) is 0. The molecule has 2 aliphatic rings. The van der Waals surface area contributed by atoms with Gasteiger partial charge in [0.25, 0.3) is 0 Å².